The number of hydrogen-bond acceptors (Lipinski definition) is 7. The number of amides is 1. The maximum Gasteiger partial charge on any atom is 0.298 e. The summed E-state index contributed by atoms with van der Waals surface area (Å²) in [5.74, 6) is -0.169. The maximum absolute atomic E-state index is 12.8. The number of anilines is 1. The number of piperazine rings is 1. The number of para-hydroxylation sites is 2. The zero-order chi connectivity index (χ0) is 19.6. The molecule has 0 spiro atoms. The normalized spacial score (nSPS) is 24.3. The van der Waals surface area contributed by atoms with E-state index in [1.54, 1.807) is 12.0 Å². The molecule has 0 aliphatic carbocycles. The van der Waals surface area contributed by atoms with E-state index in [4.69, 9.17) is 9.15 Å². The molecule has 0 saturated carbocycles. The predicted molar refractivity (Wildman–Crippen MR) is 105 cm³/mol. The molecule has 152 valence electrons. The average Bonchev–Trinajstić information content (AvgIpc) is 3.14. The Morgan fingerprint density at radius 2 is 2.00 bits per heavy atom. The Bertz CT molecular complexity index is 784. The van der Waals surface area contributed by atoms with Crippen LogP contribution < -0.4 is 4.90 Å². The number of nitrogens with zero attached hydrogens (tertiary/aromatic N) is 4. The number of fused-ring (bicyclic) bond motifs is 1. The van der Waals surface area contributed by atoms with Crippen molar-refractivity contribution in [3.8, 4) is 0 Å². The Balaban J connectivity index is 1.35. The summed E-state index contributed by atoms with van der Waals surface area (Å²) in [6.07, 6.45) is 1.33. The molecule has 8 nitrogen and oxygen atoms in total. The summed E-state index contributed by atoms with van der Waals surface area (Å²) >= 11 is 0. The average molecular weight is 388 g/mol. The number of benzene rings is 1. The Hall–Kier alpha value is -2.16. The highest BCUT2D eigenvalue weighted by molar-refractivity contribution is 5.86. The lowest BCUT2D eigenvalue weighted by atomic mass is 9.91. The zero-order valence-corrected chi connectivity index (χ0v) is 16.3. The zero-order valence-electron chi connectivity index (χ0n) is 16.3. The summed E-state index contributed by atoms with van der Waals surface area (Å²) in [5, 5.41) is 11.0. The van der Waals surface area contributed by atoms with Crippen LogP contribution in [0.2, 0.25) is 0 Å². The molecule has 2 saturated heterocycles. The van der Waals surface area contributed by atoms with Crippen molar-refractivity contribution in [3.63, 3.8) is 0 Å². The van der Waals surface area contributed by atoms with Gasteiger partial charge < -0.3 is 24.1 Å². The van der Waals surface area contributed by atoms with E-state index < -0.39 is 5.60 Å². The van der Waals surface area contributed by atoms with Crippen molar-refractivity contribution in [1.82, 2.24) is 14.8 Å². The van der Waals surface area contributed by atoms with E-state index in [9.17, 15) is 9.90 Å². The second kappa shape index (κ2) is 8.06. The quantitative estimate of drug-likeness (QED) is 0.789. The van der Waals surface area contributed by atoms with Crippen LogP contribution in [-0.4, -0.2) is 90.9 Å². The number of rotatable bonds is 6. The first kappa shape index (κ1) is 19.2. The summed E-state index contributed by atoms with van der Waals surface area (Å²) in [6.45, 7) is 5.11. The van der Waals surface area contributed by atoms with E-state index >= 15 is 0 Å². The monoisotopic (exact) mass is 388 g/mol. The molecule has 28 heavy (non-hydrogen) atoms. The SMILES string of the molecule is COCCN1CCCC(O)(CN2CCN(c3nc4ccccc4o3)CC2)C1=O. The molecule has 1 aromatic carbocycles. The van der Waals surface area contributed by atoms with Gasteiger partial charge in [0.2, 0.25) is 0 Å². The molecule has 1 unspecified atom stereocenters. The minimum Gasteiger partial charge on any atom is -0.423 e. The van der Waals surface area contributed by atoms with Crippen LogP contribution >= 0.6 is 0 Å². The molecular weight excluding hydrogens is 360 g/mol. The molecule has 2 fully saturated rings. The Labute approximate surface area is 164 Å². The minimum atomic E-state index is -1.30. The van der Waals surface area contributed by atoms with Crippen LogP contribution in [0.1, 0.15) is 12.8 Å². The van der Waals surface area contributed by atoms with Gasteiger partial charge in [-0.25, -0.2) is 0 Å². The summed E-state index contributed by atoms with van der Waals surface area (Å²) in [7, 11) is 1.62. The number of carbonyl (C=O) groups excluding carboxylic acids is 1. The molecule has 2 aliphatic heterocycles. The number of ether oxygens (including phenoxy) is 1. The number of oxazole rings is 1. The lowest BCUT2D eigenvalue weighted by Gasteiger charge is -2.42. The molecule has 1 aromatic heterocycles. The van der Waals surface area contributed by atoms with Crippen LogP contribution in [0, 0.1) is 0 Å². The van der Waals surface area contributed by atoms with E-state index in [1.807, 2.05) is 24.3 Å². The predicted octanol–water partition coefficient (Wildman–Crippen LogP) is 0.950. The number of likely N-dealkylation sites (tertiary alicyclic amines) is 1. The molecule has 8 heteroatoms. The molecule has 2 aliphatic rings. The third-order valence-corrected chi connectivity index (χ3v) is 5.68. The van der Waals surface area contributed by atoms with Gasteiger partial charge in [0.25, 0.3) is 11.9 Å². The molecule has 1 N–H and O–H groups in total. The summed E-state index contributed by atoms with van der Waals surface area (Å²) < 4.78 is 10.9. The molecule has 3 heterocycles. The number of piperidine rings is 1. The van der Waals surface area contributed by atoms with Gasteiger partial charge in [0.15, 0.2) is 11.2 Å². The van der Waals surface area contributed by atoms with Crippen molar-refractivity contribution in [2.24, 2.45) is 0 Å². The highest BCUT2D eigenvalue weighted by Crippen LogP contribution is 2.26. The molecule has 0 radical (unpaired) electrons. The molecule has 1 amide bonds. The van der Waals surface area contributed by atoms with Gasteiger partial charge in [0.05, 0.1) is 6.61 Å². The number of hydrogen-bond donors (Lipinski definition) is 1. The molecule has 0 bridgehead atoms. The summed E-state index contributed by atoms with van der Waals surface area (Å²) in [4.78, 5) is 23.3. The highest BCUT2D eigenvalue weighted by Gasteiger charge is 2.43. The minimum absolute atomic E-state index is 0.169. The van der Waals surface area contributed by atoms with Crippen molar-refractivity contribution in [1.29, 1.82) is 0 Å². The molecule has 2 aromatic rings. The van der Waals surface area contributed by atoms with Gasteiger partial charge >= 0.3 is 0 Å². The van der Waals surface area contributed by atoms with Gasteiger partial charge in [-0.05, 0) is 25.0 Å². The number of aromatic nitrogens is 1. The fourth-order valence-electron chi connectivity index (χ4n) is 4.09. The van der Waals surface area contributed by atoms with Gasteiger partial charge in [0, 0.05) is 52.9 Å². The first-order valence-corrected chi connectivity index (χ1v) is 9.93. The van der Waals surface area contributed by atoms with E-state index in [0.29, 0.717) is 38.7 Å². The van der Waals surface area contributed by atoms with Crippen molar-refractivity contribution in [3.05, 3.63) is 24.3 Å². The maximum atomic E-state index is 12.8. The van der Waals surface area contributed by atoms with Crippen molar-refractivity contribution < 1.29 is 19.1 Å². The van der Waals surface area contributed by atoms with Crippen molar-refractivity contribution in [2.75, 3.05) is 64.4 Å². The van der Waals surface area contributed by atoms with Gasteiger partial charge in [-0.1, -0.05) is 12.1 Å². The molecule has 4 rings (SSSR count). The number of carbonyl (C=O) groups is 1. The van der Waals surface area contributed by atoms with E-state index in [-0.39, 0.29) is 5.91 Å². The fourth-order valence-corrected chi connectivity index (χ4v) is 4.09. The third kappa shape index (κ3) is 3.85. The van der Waals surface area contributed by atoms with Gasteiger partial charge in [-0.15, -0.1) is 0 Å². The highest BCUT2D eigenvalue weighted by atomic mass is 16.5. The first-order chi connectivity index (χ1) is 13.6. The number of β-amino-alcohol motifs (C(OH)–C–C–N with tert-alkyl or cyclic N) is 1. The largest absolute Gasteiger partial charge is 0.423 e. The second-order valence-corrected chi connectivity index (χ2v) is 7.65. The van der Waals surface area contributed by atoms with Gasteiger partial charge in [-0.3, -0.25) is 9.69 Å². The van der Waals surface area contributed by atoms with Crippen LogP contribution in [0.25, 0.3) is 11.1 Å². The third-order valence-electron chi connectivity index (χ3n) is 5.68. The lowest BCUT2D eigenvalue weighted by Crippen LogP contribution is -2.61. The molecular formula is C20H28N4O4. The topological polar surface area (TPSA) is 82.3 Å². The van der Waals surface area contributed by atoms with Crippen LogP contribution in [0.4, 0.5) is 6.01 Å². The van der Waals surface area contributed by atoms with Gasteiger partial charge in [-0.2, -0.15) is 4.98 Å². The number of aliphatic hydroxyl groups is 1. The molecule has 1 atom stereocenters. The van der Waals surface area contributed by atoms with Crippen LogP contribution in [0.5, 0.6) is 0 Å². The smallest absolute Gasteiger partial charge is 0.298 e. The second-order valence-electron chi connectivity index (χ2n) is 7.65. The fraction of sp³-hybridized carbons (Fsp3) is 0.600. The van der Waals surface area contributed by atoms with Crippen molar-refractivity contribution >= 4 is 23.0 Å². The van der Waals surface area contributed by atoms with Gasteiger partial charge in [0.1, 0.15) is 5.52 Å². The van der Waals surface area contributed by atoms with E-state index in [0.717, 1.165) is 43.7 Å². The summed E-state index contributed by atoms with van der Waals surface area (Å²) in [6, 6.07) is 8.39. The Kier molecular flexibility index (Phi) is 5.52. The summed E-state index contributed by atoms with van der Waals surface area (Å²) in [5.41, 5.74) is 0.350. The van der Waals surface area contributed by atoms with Crippen molar-refractivity contribution in [2.45, 2.75) is 18.4 Å². The number of methoxy groups -OCH3 is 1. The van der Waals surface area contributed by atoms with E-state index in [1.165, 1.54) is 0 Å². The first-order valence-electron chi connectivity index (χ1n) is 9.93. The lowest BCUT2D eigenvalue weighted by molar-refractivity contribution is -0.160. The van der Waals surface area contributed by atoms with Crippen LogP contribution in [0.15, 0.2) is 28.7 Å². The Morgan fingerprint density at radius 3 is 2.75 bits per heavy atom. The van der Waals surface area contributed by atoms with Crippen LogP contribution in [-0.2, 0) is 9.53 Å². The Morgan fingerprint density at radius 1 is 1.21 bits per heavy atom. The van der Waals surface area contributed by atoms with Crippen LogP contribution in [0.3, 0.4) is 0 Å². The standard InChI is InChI=1S/C20H28N4O4/c1-27-14-13-23-8-4-7-20(26,18(23)25)15-22-9-11-24(12-10-22)19-21-16-5-2-3-6-17(16)28-19/h2-3,5-6,26H,4,7-15H2,1H3. The van der Waals surface area contributed by atoms with E-state index in [2.05, 4.69) is 14.8 Å².